The van der Waals surface area contributed by atoms with Gasteiger partial charge in [0.1, 0.15) is 28.8 Å². The minimum absolute atomic E-state index is 0.119. The highest BCUT2D eigenvalue weighted by Crippen LogP contribution is 2.34. The summed E-state index contributed by atoms with van der Waals surface area (Å²) in [5.74, 6) is 0.101. The number of anilines is 1. The molecule has 1 amide bonds. The summed E-state index contributed by atoms with van der Waals surface area (Å²) in [6, 6.07) is 13.8. The molecule has 0 atom stereocenters. The molecule has 0 fully saturated rings. The molecular weight excluding hydrogens is 476 g/mol. The van der Waals surface area contributed by atoms with E-state index in [0.717, 1.165) is 17.3 Å². The molecule has 3 rings (SSSR count). The molecule has 34 heavy (non-hydrogen) atoms. The Morgan fingerprint density at radius 2 is 1.94 bits per heavy atom. The number of benzene rings is 2. The van der Waals surface area contributed by atoms with Crippen LogP contribution in [0.5, 0.6) is 11.5 Å². The van der Waals surface area contributed by atoms with E-state index in [4.69, 9.17) is 26.8 Å². The van der Waals surface area contributed by atoms with Crippen LogP contribution in [-0.4, -0.2) is 36.8 Å². The quantitative estimate of drug-likeness (QED) is 0.451. The third-order valence-electron chi connectivity index (χ3n) is 4.76. The fraction of sp³-hybridized carbons (Fsp3) is 0.167. The highest BCUT2D eigenvalue weighted by atomic mass is 35.5. The normalized spacial score (nSPS) is 15.0. The average molecular weight is 497 g/mol. The number of carbonyl (C=O) groups excluding carboxylic acids is 2. The highest BCUT2D eigenvalue weighted by Gasteiger charge is 2.33. The van der Waals surface area contributed by atoms with Crippen LogP contribution >= 0.6 is 23.4 Å². The van der Waals surface area contributed by atoms with Crippen LogP contribution in [-0.2, 0) is 9.59 Å². The van der Waals surface area contributed by atoms with E-state index in [1.54, 1.807) is 55.7 Å². The van der Waals surface area contributed by atoms with Crippen LogP contribution in [0.1, 0.15) is 12.5 Å². The lowest BCUT2D eigenvalue weighted by atomic mass is 10.2. The maximum Gasteiger partial charge on any atom is 0.283 e. The number of nitrogens with two attached hydrogens (primary N) is 1. The summed E-state index contributed by atoms with van der Waals surface area (Å²) >= 11 is 7.17. The number of nitriles is 1. The molecule has 8 nitrogen and oxygen atoms in total. The average Bonchev–Trinajstić information content (AvgIpc) is 3.13. The molecule has 0 aromatic heterocycles. The van der Waals surface area contributed by atoms with Gasteiger partial charge in [0.25, 0.3) is 5.91 Å². The number of Topliss-reactive ketones (excluding diaryl/α,β-unsaturated/α-hetero) is 1. The zero-order valence-electron chi connectivity index (χ0n) is 18.7. The Morgan fingerprint density at radius 1 is 1.24 bits per heavy atom. The van der Waals surface area contributed by atoms with Crippen LogP contribution < -0.4 is 20.1 Å². The number of ether oxygens (including phenoxy) is 2. The van der Waals surface area contributed by atoms with Crippen LogP contribution in [0.4, 0.5) is 5.69 Å². The Kier molecular flexibility index (Phi) is 7.99. The van der Waals surface area contributed by atoms with Crippen molar-refractivity contribution in [1.82, 2.24) is 0 Å². The molecule has 10 heteroatoms. The number of amides is 1. The van der Waals surface area contributed by atoms with Crippen molar-refractivity contribution < 1.29 is 19.1 Å². The molecule has 0 radical (unpaired) electrons. The van der Waals surface area contributed by atoms with Gasteiger partial charge >= 0.3 is 0 Å². The fourth-order valence-electron chi connectivity index (χ4n) is 3.04. The van der Waals surface area contributed by atoms with Crippen molar-refractivity contribution in [2.45, 2.75) is 6.92 Å². The van der Waals surface area contributed by atoms with Gasteiger partial charge in [-0.3, -0.25) is 14.5 Å². The smallest absolute Gasteiger partial charge is 0.283 e. The number of amidine groups is 1. The summed E-state index contributed by atoms with van der Waals surface area (Å²) in [7, 11) is 3.04. The maximum absolute atomic E-state index is 13.3. The first-order valence-corrected chi connectivity index (χ1v) is 11.3. The molecule has 0 aliphatic carbocycles. The van der Waals surface area contributed by atoms with Gasteiger partial charge < -0.3 is 15.2 Å². The van der Waals surface area contributed by atoms with Crippen molar-refractivity contribution in [3.63, 3.8) is 0 Å². The van der Waals surface area contributed by atoms with Crippen LogP contribution in [0.2, 0.25) is 5.02 Å². The number of carbonyl (C=O) groups is 2. The second-order valence-corrected chi connectivity index (χ2v) is 8.39. The van der Waals surface area contributed by atoms with Gasteiger partial charge in [0.2, 0.25) is 0 Å². The molecule has 2 aromatic rings. The van der Waals surface area contributed by atoms with Crippen LogP contribution in [0.25, 0.3) is 6.08 Å². The molecule has 0 spiro atoms. The lowest BCUT2D eigenvalue weighted by Gasteiger charge is -2.18. The van der Waals surface area contributed by atoms with E-state index < -0.39 is 5.78 Å². The molecule has 174 valence electrons. The highest BCUT2D eigenvalue weighted by molar-refractivity contribution is 8.14. The van der Waals surface area contributed by atoms with Gasteiger partial charge in [-0.15, -0.1) is 0 Å². The van der Waals surface area contributed by atoms with Gasteiger partial charge in [-0.2, -0.15) is 5.26 Å². The first-order chi connectivity index (χ1) is 16.3. The third-order valence-corrected chi connectivity index (χ3v) is 6.01. The number of methoxy groups -OCH3 is 2. The zero-order chi connectivity index (χ0) is 24.8. The monoisotopic (exact) mass is 496 g/mol. The van der Waals surface area contributed by atoms with E-state index >= 15 is 0 Å². The summed E-state index contributed by atoms with van der Waals surface area (Å²) in [5, 5.41) is 9.86. The number of allylic oxidation sites excluding steroid dienone is 2. The van der Waals surface area contributed by atoms with E-state index in [1.165, 1.54) is 18.9 Å². The Labute approximate surface area is 206 Å². The predicted molar refractivity (Wildman–Crippen MR) is 134 cm³/mol. The molecule has 1 aliphatic heterocycles. The molecular formula is C24H21ClN4O4S. The standard InChI is InChI=1S/C24H21ClN4O4S/c1-14(27)18(12-26)21(30)13-34-24-28-20(10-15-4-7-17(32-2)8-5-15)23(31)29(24)16-6-9-19(25)22(11-16)33-3/h4-11H,13,27H2,1-3H3/b18-14+,20-10-. The van der Waals surface area contributed by atoms with Gasteiger partial charge in [0.15, 0.2) is 11.0 Å². The Morgan fingerprint density at radius 3 is 2.53 bits per heavy atom. The summed E-state index contributed by atoms with van der Waals surface area (Å²) in [6.45, 7) is 1.49. The number of rotatable bonds is 7. The zero-order valence-corrected chi connectivity index (χ0v) is 20.2. The number of ketones is 1. The van der Waals surface area contributed by atoms with Crippen molar-refractivity contribution in [2.75, 3.05) is 24.9 Å². The second kappa shape index (κ2) is 10.9. The van der Waals surface area contributed by atoms with Crippen molar-refractivity contribution >= 4 is 52.0 Å². The number of nitrogens with zero attached hydrogens (tertiary/aromatic N) is 3. The van der Waals surface area contributed by atoms with Crippen molar-refractivity contribution in [3.8, 4) is 17.6 Å². The first-order valence-electron chi connectivity index (χ1n) is 9.94. The molecule has 0 saturated carbocycles. The van der Waals surface area contributed by atoms with Crippen molar-refractivity contribution in [1.29, 1.82) is 5.26 Å². The summed E-state index contributed by atoms with van der Waals surface area (Å²) in [6.07, 6.45) is 1.64. The van der Waals surface area contributed by atoms with Crippen LogP contribution in [0.15, 0.2) is 64.4 Å². The SMILES string of the molecule is COc1ccc(/C=C2\N=C(SCC(=O)/C(C#N)=C(\C)N)N(c3ccc(Cl)c(OC)c3)C2=O)cc1. The molecule has 0 bridgehead atoms. The van der Waals surface area contributed by atoms with Gasteiger partial charge in [-0.05, 0) is 42.8 Å². The van der Waals surface area contributed by atoms with Gasteiger partial charge in [0.05, 0.1) is 30.7 Å². The summed E-state index contributed by atoms with van der Waals surface area (Å²) < 4.78 is 10.4. The number of hydrogen-bond acceptors (Lipinski definition) is 8. The first kappa shape index (κ1) is 24.9. The Hall–Kier alpha value is -3.74. The van der Waals surface area contributed by atoms with Crippen molar-refractivity contribution in [3.05, 3.63) is 70.0 Å². The van der Waals surface area contributed by atoms with E-state index in [-0.39, 0.29) is 33.8 Å². The van der Waals surface area contributed by atoms with Crippen molar-refractivity contribution in [2.24, 2.45) is 10.7 Å². The van der Waals surface area contributed by atoms with Crippen LogP contribution in [0.3, 0.4) is 0 Å². The van der Waals surface area contributed by atoms with E-state index in [0.29, 0.717) is 22.2 Å². The molecule has 0 unspecified atom stereocenters. The number of hydrogen-bond donors (Lipinski definition) is 1. The van der Waals surface area contributed by atoms with E-state index in [1.807, 2.05) is 6.07 Å². The number of halogens is 1. The second-order valence-electron chi connectivity index (χ2n) is 7.04. The molecule has 2 N–H and O–H groups in total. The summed E-state index contributed by atoms with van der Waals surface area (Å²) in [5.41, 5.74) is 7.05. The largest absolute Gasteiger partial charge is 0.497 e. The third kappa shape index (κ3) is 5.42. The molecule has 0 saturated heterocycles. The Balaban J connectivity index is 1.98. The maximum atomic E-state index is 13.3. The predicted octanol–water partition coefficient (Wildman–Crippen LogP) is 4.16. The minimum atomic E-state index is -0.455. The molecule has 2 aromatic carbocycles. The Bertz CT molecular complexity index is 1260. The lowest BCUT2D eigenvalue weighted by molar-refractivity contribution is -0.114. The van der Waals surface area contributed by atoms with Gasteiger partial charge in [0, 0.05) is 11.8 Å². The molecule has 1 aliphatic rings. The minimum Gasteiger partial charge on any atom is -0.497 e. The fourth-order valence-corrected chi connectivity index (χ4v) is 4.12. The number of aliphatic imine (C=N–C) groups is 1. The molecule has 1 heterocycles. The summed E-state index contributed by atoms with van der Waals surface area (Å²) in [4.78, 5) is 31.7. The van der Waals surface area contributed by atoms with Gasteiger partial charge in [-0.1, -0.05) is 35.5 Å². The topological polar surface area (TPSA) is 118 Å². The van der Waals surface area contributed by atoms with Crippen LogP contribution in [0, 0.1) is 11.3 Å². The lowest BCUT2D eigenvalue weighted by Crippen LogP contribution is -2.31. The number of thioether (sulfide) groups is 1. The van der Waals surface area contributed by atoms with E-state index in [9.17, 15) is 14.9 Å². The van der Waals surface area contributed by atoms with Gasteiger partial charge in [-0.25, -0.2) is 4.99 Å². The van der Waals surface area contributed by atoms with E-state index in [2.05, 4.69) is 4.99 Å².